The summed E-state index contributed by atoms with van der Waals surface area (Å²) >= 11 is 0.790. The standard InChI is InChI=1S/C14H11NO4S/c1-3-7-15-13(17)11(20-14(15)18)8-9-5-4-6-10(19-2)12(9)16/h1,4-6,8,16H,7H2,2H3/b11-8-. The number of nitrogens with zero attached hydrogens (tertiary/aromatic N) is 1. The van der Waals surface area contributed by atoms with Gasteiger partial charge >= 0.3 is 0 Å². The van der Waals surface area contributed by atoms with Gasteiger partial charge in [-0.25, -0.2) is 0 Å². The second-order valence-corrected chi connectivity index (χ2v) is 4.86. The molecule has 0 atom stereocenters. The van der Waals surface area contributed by atoms with Gasteiger partial charge in [0.25, 0.3) is 11.1 Å². The number of aromatic hydroxyl groups is 1. The van der Waals surface area contributed by atoms with E-state index in [9.17, 15) is 14.7 Å². The van der Waals surface area contributed by atoms with E-state index in [0.29, 0.717) is 11.3 Å². The number of para-hydroxylation sites is 1. The number of amides is 2. The topological polar surface area (TPSA) is 66.8 Å². The van der Waals surface area contributed by atoms with Crippen LogP contribution in [0.2, 0.25) is 0 Å². The van der Waals surface area contributed by atoms with Crippen LogP contribution in [0.25, 0.3) is 6.08 Å². The number of phenolic OH excluding ortho intramolecular Hbond substituents is 1. The number of ether oxygens (including phenoxy) is 1. The molecule has 1 saturated heterocycles. The molecule has 1 aromatic rings. The zero-order valence-electron chi connectivity index (χ0n) is 10.6. The average Bonchev–Trinajstić information content (AvgIpc) is 2.69. The predicted molar refractivity (Wildman–Crippen MR) is 76.2 cm³/mol. The number of hydrogen-bond acceptors (Lipinski definition) is 5. The van der Waals surface area contributed by atoms with Crippen molar-refractivity contribution in [2.75, 3.05) is 13.7 Å². The molecule has 5 nitrogen and oxygen atoms in total. The Morgan fingerprint density at radius 1 is 1.50 bits per heavy atom. The lowest BCUT2D eigenvalue weighted by molar-refractivity contribution is -0.122. The van der Waals surface area contributed by atoms with E-state index in [0.717, 1.165) is 16.7 Å². The lowest BCUT2D eigenvalue weighted by Gasteiger charge is -2.07. The van der Waals surface area contributed by atoms with Gasteiger partial charge in [0, 0.05) is 5.56 Å². The van der Waals surface area contributed by atoms with E-state index in [1.165, 1.54) is 13.2 Å². The van der Waals surface area contributed by atoms with Crippen LogP contribution in [0.1, 0.15) is 5.56 Å². The first-order valence-corrected chi connectivity index (χ1v) is 6.45. The number of imide groups is 1. The molecule has 0 aromatic heterocycles. The Hall–Kier alpha value is -2.39. The number of phenols is 1. The van der Waals surface area contributed by atoms with Crippen molar-refractivity contribution in [1.29, 1.82) is 0 Å². The molecule has 0 bridgehead atoms. The molecule has 0 saturated carbocycles. The molecule has 0 unspecified atom stereocenters. The van der Waals surface area contributed by atoms with Gasteiger partial charge in [-0.1, -0.05) is 18.1 Å². The summed E-state index contributed by atoms with van der Waals surface area (Å²) in [6, 6.07) is 4.89. The first kappa shape index (κ1) is 14.0. The van der Waals surface area contributed by atoms with E-state index in [1.807, 2.05) is 0 Å². The first-order chi connectivity index (χ1) is 9.58. The Bertz CT molecular complexity index is 645. The van der Waals surface area contributed by atoms with E-state index >= 15 is 0 Å². The fraction of sp³-hybridized carbons (Fsp3) is 0.143. The largest absolute Gasteiger partial charge is 0.504 e. The van der Waals surface area contributed by atoms with Crippen molar-refractivity contribution in [2.24, 2.45) is 0 Å². The minimum absolute atomic E-state index is 0.0634. The third-order valence-electron chi connectivity index (χ3n) is 2.66. The Balaban J connectivity index is 2.36. The highest BCUT2D eigenvalue weighted by molar-refractivity contribution is 8.18. The predicted octanol–water partition coefficient (Wildman–Crippen LogP) is 2.07. The Morgan fingerprint density at radius 2 is 2.25 bits per heavy atom. The highest BCUT2D eigenvalue weighted by Crippen LogP contribution is 2.36. The Labute approximate surface area is 120 Å². The Morgan fingerprint density at radius 3 is 2.90 bits per heavy atom. The number of benzene rings is 1. The maximum atomic E-state index is 12.0. The van der Waals surface area contributed by atoms with E-state index in [-0.39, 0.29) is 17.2 Å². The van der Waals surface area contributed by atoms with Gasteiger partial charge in [0.2, 0.25) is 0 Å². The zero-order chi connectivity index (χ0) is 14.7. The highest BCUT2D eigenvalue weighted by atomic mass is 32.2. The second-order valence-electron chi connectivity index (χ2n) is 3.87. The highest BCUT2D eigenvalue weighted by Gasteiger charge is 2.34. The molecule has 2 rings (SSSR count). The molecule has 0 aliphatic carbocycles. The first-order valence-electron chi connectivity index (χ1n) is 5.63. The van der Waals surface area contributed by atoms with Crippen LogP contribution in [0.3, 0.4) is 0 Å². The number of thioether (sulfide) groups is 1. The number of rotatable bonds is 3. The van der Waals surface area contributed by atoms with Crippen LogP contribution in [0.4, 0.5) is 4.79 Å². The van der Waals surface area contributed by atoms with Crippen molar-refractivity contribution in [1.82, 2.24) is 4.90 Å². The van der Waals surface area contributed by atoms with Crippen molar-refractivity contribution >= 4 is 29.0 Å². The smallest absolute Gasteiger partial charge is 0.294 e. The molecular formula is C14H11NO4S. The van der Waals surface area contributed by atoms with Gasteiger partial charge in [-0.15, -0.1) is 6.42 Å². The van der Waals surface area contributed by atoms with Crippen LogP contribution < -0.4 is 4.74 Å². The van der Waals surface area contributed by atoms with E-state index in [4.69, 9.17) is 11.2 Å². The van der Waals surface area contributed by atoms with Crippen molar-refractivity contribution in [3.63, 3.8) is 0 Å². The minimum Gasteiger partial charge on any atom is -0.504 e. The maximum Gasteiger partial charge on any atom is 0.294 e. The molecule has 1 N–H and O–H groups in total. The van der Waals surface area contributed by atoms with Crippen LogP contribution in [0.15, 0.2) is 23.1 Å². The van der Waals surface area contributed by atoms with Gasteiger partial charge in [-0.3, -0.25) is 14.5 Å². The normalized spacial score (nSPS) is 16.6. The third-order valence-corrected chi connectivity index (χ3v) is 3.57. The third kappa shape index (κ3) is 2.49. The molecular weight excluding hydrogens is 278 g/mol. The molecule has 1 aliphatic heterocycles. The molecule has 0 spiro atoms. The lowest BCUT2D eigenvalue weighted by Crippen LogP contribution is -2.28. The summed E-state index contributed by atoms with van der Waals surface area (Å²) in [7, 11) is 1.43. The molecule has 102 valence electrons. The summed E-state index contributed by atoms with van der Waals surface area (Å²) < 4.78 is 4.98. The van der Waals surface area contributed by atoms with Gasteiger partial charge in [0.05, 0.1) is 18.6 Å². The van der Waals surface area contributed by atoms with E-state index < -0.39 is 11.1 Å². The summed E-state index contributed by atoms with van der Waals surface area (Å²) in [5.74, 6) is 2.01. The second kappa shape index (κ2) is 5.72. The molecule has 1 heterocycles. The number of methoxy groups -OCH3 is 1. The van der Waals surface area contributed by atoms with Gasteiger partial charge in [-0.05, 0) is 23.9 Å². The fourth-order valence-corrected chi connectivity index (χ4v) is 2.52. The molecule has 1 fully saturated rings. The molecule has 0 radical (unpaired) electrons. The summed E-state index contributed by atoms with van der Waals surface area (Å²) in [5.41, 5.74) is 0.399. The van der Waals surface area contributed by atoms with Crippen LogP contribution in [-0.2, 0) is 4.79 Å². The SMILES string of the molecule is C#CCN1C(=O)S/C(=C\c2cccc(OC)c2O)C1=O. The monoisotopic (exact) mass is 289 g/mol. The average molecular weight is 289 g/mol. The molecule has 1 aromatic carbocycles. The number of carbonyl (C=O) groups excluding carboxylic acids is 2. The molecule has 1 aliphatic rings. The fourth-order valence-electron chi connectivity index (χ4n) is 1.69. The summed E-state index contributed by atoms with van der Waals surface area (Å²) in [4.78, 5) is 24.8. The summed E-state index contributed by atoms with van der Waals surface area (Å²) in [6.07, 6.45) is 6.56. The number of carbonyl (C=O) groups is 2. The number of hydrogen-bond donors (Lipinski definition) is 1. The van der Waals surface area contributed by atoms with Gasteiger partial charge in [0.15, 0.2) is 11.5 Å². The van der Waals surface area contributed by atoms with Gasteiger partial charge in [0.1, 0.15) is 0 Å². The van der Waals surface area contributed by atoms with Crippen molar-refractivity contribution in [3.05, 3.63) is 28.7 Å². The summed E-state index contributed by atoms with van der Waals surface area (Å²) in [6.45, 7) is -0.0634. The van der Waals surface area contributed by atoms with Crippen LogP contribution in [0, 0.1) is 12.3 Å². The Kier molecular flexibility index (Phi) is 4.01. The van der Waals surface area contributed by atoms with E-state index in [1.54, 1.807) is 18.2 Å². The quantitative estimate of drug-likeness (QED) is 0.681. The van der Waals surface area contributed by atoms with Crippen molar-refractivity contribution in [3.8, 4) is 23.8 Å². The zero-order valence-corrected chi connectivity index (χ0v) is 11.4. The van der Waals surface area contributed by atoms with Gasteiger partial charge < -0.3 is 9.84 Å². The maximum absolute atomic E-state index is 12.0. The molecule has 20 heavy (non-hydrogen) atoms. The number of terminal acetylenes is 1. The molecule has 6 heteroatoms. The molecule has 2 amide bonds. The van der Waals surface area contributed by atoms with Crippen LogP contribution in [-0.4, -0.2) is 34.8 Å². The summed E-state index contributed by atoms with van der Waals surface area (Å²) in [5, 5.41) is 9.53. The van der Waals surface area contributed by atoms with Crippen molar-refractivity contribution in [2.45, 2.75) is 0 Å². The van der Waals surface area contributed by atoms with Gasteiger partial charge in [-0.2, -0.15) is 0 Å². The van der Waals surface area contributed by atoms with Crippen LogP contribution >= 0.6 is 11.8 Å². The van der Waals surface area contributed by atoms with Crippen LogP contribution in [0.5, 0.6) is 11.5 Å². The van der Waals surface area contributed by atoms with E-state index in [2.05, 4.69) is 5.92 Å². The minimum atomic E-state index is -0.458. The lowest BCUT2D eigenvalue weighted by atomic mass is 10.1. The van der Waals surface area contributed by atoms with Crippen molar-refractivity contribution < 1.29 is 19.4 Å².